The normalized spacial score (nSPS) is 11.8. The lowest BCUT2D eigenvalue weighted by Crippen LogP contribution is -2.19. The van der Waals surface area contributed by atoms with Crippen LogP contribution in [0.4, 0.5) is 13.2 Å². The number of nitrogens with two attached hydrogens (primary N) is 1. The van der Waals surface area contributed by atoms with Crippen molar-refractivity contribution in [3.8, 4) is 10.6 Å². The quantitative estimate of drug-likeness (QED) is 0.668. The zero-order valence-corrected chi connectivity index (χ0v) is 9.98. The SMILES string of the molecule is NNCc1cnc(-c2ccc(C(F)(F)F)cc2)s1. The number of hydrogen-bond acceptors (Lipinski definition) is 4. The van der Waals surface area contributed by atoms with Crippen molar-refractivity contribution in [3.63, 3.8) is 0 Å². The molecular formula is C11H10F3N3S. The Hall–Kier alpha value is -1.44. The predicted octanol–water partition coefficient (Wildman–Crippen LogP) is 2.79. The summed E-state index contributed by atoms with van der Waals surface area (Å²) in [6, 6.07) is 4.94. The van der Waals surface area contributed by atoms with Gasteiger partial charge in [0.1, 0.15) is 5.01 Å². The molecule has 7 heteroatoms. The summed E-state index contributed by atoms with van der Waals surface area (Å²) in [5, 5.41) is 0.675. The zero-order chi connectivity index (χ0) is 13.2. The van der Waals surface area contributed by atoms with Crippen LogP contribution in [0, 0.1) is 0 Å². The minimum Gasteiger partial charge on any atom is -0.271 e. The first kappa shape index (κ1) is 13.0. The van der Waals surface area contributed by atoms with Gasteiger partial charge >= 0.3 is 6.18 Å². The maximum Gasteiger partial charge on any atom is 0.416 e. The Morgan fingerprint density at radius 2 is 1.89 bits per heavy atom. The molecule has 96 valence electrons. The first-order valence-electron chi connectivity index (χ1n) is 5.06. The number of rotatable bonds is 3. The molecule has 1 aromatic heterocycles. The second-order valence-corrected chi connectivity index (χ2v) is 4.70. The minimum absolute atomic E-state index is 0.484. The predicted molar refractivity (Wildman–Crippen MR) is 63.6 cm³/mol. The number of nitrogens with one attached hydrogen (secondary N) is 1. The number of halogens is 3. The fourth-order valence-corrected chi connectivity index (χ4v) is 2.29. The summed E-state index contributed by atoms with van der Waals surface area (Å²) < 4.78 is 37.2. The van der Waals surface area contributed by atoms with Crippen LogP contribution in [0.15, 0.2) is 30.5 Å². The molecule has 0 atom stereocenters. The molecule has 0 fully saturated rings. The van der Waals surface area contributed by atoms with E-state index in [9.17, 15) is 13.2 Å². The number of hydrogen-bond donors (Lipinski definition) is 2. The van der Waals surface area contributed by atoms with Gasteiger partial charge in [-0.15, -0.1) is 11.3 Å². The highest BCUT2D eigenvalue weighted by atomic mass is 32.1. The van der Waals surface area contributed by atoms with Gasteiger partial charge in [0.25, 0.3) is 0 Å². The van der Waals surface area contributed by atoms with Crippen molar-refractivity contribution in [2.24, 2.45) is 5.84 Å². The van der Waals surface area contributed by atoms with Gasteiger partial charge in [0.15, 0.2) is 0 Å². The van der Waals surface area contributed by atoms with Crippen molar-refractivity contribution < 1.29 is 13.2 Å². The van der Waals surface area contributed by atoms with E-state index >= 15 is 0 Å². The van der Waals surface area contributed by atoms with Gasteiger partial charge in [0.2, 0.25) is 0 Å². The highest BCUT2D eigenvalue weighted by molar-refractivity contribution is 7.15. The smallest absolute Gasteiger partial charge is 0.271 e. The van der Waals surface area contributed by atoms with Crippen molar-refractivity contribution in [3.05, 3.63) is 40.9 Å². The van der Waals surface area contributed by atoms with Crippen LogP contribution in [-0.4, -0.2) is 4.98 Å². The Bertz CT molecular complexity index is 519. The van der Waals surface area contributed by atoms with E-state index in [-0.39, 0.29) is 0 Å². The molecule has 0 aliphatic rings. The standard InChI is InChI=1S/C11H10F3N3S/c12-11(13,14)8-3-1-7(2-4-8)10-16-5-9(18-10)6-17-15/h1-5,17H,6,15H2. The monoisotopic (exact) mass is 273 g/mol. The van der Waals surface area contributed by atoms with Crippen LogP contribution in [0.2, 0.25) is 0 Å². The zero-order valence-electron chi connectivity index (χ0n) is 9.16. The Labute approximate surface area is 105 Å². The molecule has 2 rings (SSSR count). The molecular weight excluding hydrogens is 263 g/mol. The van der Waals surface area contributed by atoms with Crippen LogP contribution >= 0.6 is 11.3 Å². The summed E-state index contributed by atoms with van der Waals surface area (Å²) in [7, 11) is 0. The average molecular weight is 273 g/mol. The Balaban J connectivity index is 2.23. The van der Waals surface area contributed by atoms with E-state index in [2.05, 4.69) is 10.4 Å². The molecule has 0 aliphatic carbocycles. The number of hydrazine groups is 1. The molecule has 18 heavy (non-hydrogen) atoms. The van der Waals surface area contributed by atoms with Crippen LogP contribution < -0.4 is 11.3 Å². The third-order valence-electron chi connectivity index (χ3n) is 2.29. The second kappa shape index (κ2) is 5.05. The summed E-state index contributed by atoms with van der Waals surface area (Å²) in [5.74, 6) is 5.18. The van der Waals surface area contributed by atoms with Gasteiger partial charge in [0.05, 0.1) is 5.56 Å². The van der Waals surface area contributed by atoms with Crippen LogP contribution in [0.3, 0.4) is 0 Å². The lowest BCUT2D eigenvalue weighted by Gasteiger charge is -2.06. The van der Waals surface area contributed by atoms with Crippen molar-refractivity contribution >= 4 is 11.3 Å². The van der Waals surface area contributed by atoms with Crippen LogP contribution in [0.1, 0.15) is 10.4 Å². The first-order chi connectivity index (χ1) is 8.50. The summed E-state index contributed by atoms with van der Waals surface area (Å²) in [4.78, 5) is 5.06. The van der Waals surface area contributed by atoms with Crippen molar-refractivity contribution in [2.75, 3.05) is 0 Å². The van der Waals surface area contributed by atoms with E-state index in [1.807, 2.05) is 0 Å². The molecule has 0 amide bonds. The van der Waals surface area contributed by atoms with Crippen LogP contribution in [-0.2, 0) is 12.7 Å². The molecule has 0 unspecified atom stereocenters. The lowest BCUT2D eigenvalue weighted by atomic mass is 10.1. The van der Waals surface area contributed by atoms with Gasteiger partial charge in [0, 0.05) is 23.2 Å². The Morgan fingerprint density at radius 3 is 2.44 bits per heavy atom. The first-order valence-corrected chi connectivity index (χ1v) is 5.88. The van der Waals surface area contributed by atoms with Gasteiger partial charge in [-0.2, -0.15) is 13.2 Å². The summed E-state index contributed by atoms with van der Waals surface area (Å²) in [5.41, 5.74) is 2.50. The summed E-state index contributed by atoms with van der Waals surface area (Å²) in [6.07, 6.45) is -2.66. The van der Waals surface area contributed by atoms with E-state index in [0.717, 1.165) is 17.0 Å². The maximum atomic E-state index is 12.4. The van der Waals surface area contributed by atoms with E-state index < -0.39 is 11.7 Å². The number of nitrogens with zero attached hydrogens (tertiary/aromatic N) is 1. The van der Waals surface area contributed by atoms with E-state index in [1.165, 1.54) is 23.5 Å². The van der Waals surface area contributed by atoms with E-state index in [1.54, 1.807) is 6.20 Å². The van der Waals surface area contributed by atoms with Gasteiger partial charge < -0.3 is 0 Å². The lowest BCUT2D eigenvalue weighted by molar-refractivity contribution is -0.137. The van der Waals surface area contributed by atoms with Gasteiger partial charge in [-0.25, -0.2) is 4.98 Å². The summed E-state index contributed by atoms with van der Waals surface area (Å²) in [6.45, 7) is 0.484. The van der Waals surface area contributed by atoms with Crippen LogP contribution in [0.5, 0.6) is 0 Å². The highest BCUT2D eigenvalue weighted by Gasteiger charge is 2.30. The maximum absolute atomic E-state index is 12.4. The molecule has 0 saturated heterocycles. The van der Waals surface area contributed by atoms with Gasteiger partial charge in [-0.05, 0) is 12.1 Å². The molecule has 0 spiro atoms. The van der Waals surface area contributed by atoms with Crippen LogP contribution in [0.25, 0.3) is 10.6 Å². The topological polar surface area (TPSA) is 50.9 Å². The third kappa shape index (κ3) is 2.87. The third-order valence-corrected chi connectivity index (χ3v) is 3.34. The van der Waals surface area contributed by atoms with E-state index in [0.29, 0.717) is 17.1 Å². The molecule has 2 aromatic rings. The van der Waals surface area contributed by atoms with Gasteiger partial charge in [-0.3, -0.25) is 11.3 Å². The van der Waals surface area contributed by atoms with E-state index in [4.69, 9.17) is 5.84 Å². The molecule has 1 heterocycles. The fraction of sp³-hybridized carbons (Fsp3) is 0.182. The minimum atomic E-state index is -4.31. The summed E-state index contributed by atoms with van der Waals surface area (Å²) >= 11 is 1.39. The largest absolute Gasteiger partial charge is 0.416 e. The molecule has 3 N–H and O–H groups in total. The second-order valence-electron chi connectivity index (χ2n) is 3.59. The molecule has 0 bridgehead atoms. The number of thiazole rings is 1. The molecule has 0 radical (unpaired) electrons. The molecule has 0 saturated carbocycles. The molecule has 3 nitrogen and oxygen atoms in total. The van der Waals surface area contributed by atoms with Crippen molar-refractivity contribution in [2.45, 2.75) is 12.7 Å². The highest BCUT2D eigenvalue weighted by Crippen LogP contribution is 2.31. The number of aromatic nitrogens is 1. The van der Waals surface area contributed by atoms with Gasteiger partial charge in [-0.1, -0.05) is 12.1 Å². The molecule has 0 aliphatic heterocycles. The molecule has 1 aromatic carbocycles. The number of alkyl halides is 3. The van der Waals surface area contributed by atoms with Crippen molar-refractivity contribution in [1.82, 2.24) is 10.4 Å². The Kier molecular flexibility index (Phi) is 3.65. The average Bonchev–Trinajstić information content (AvgIpc) is 2.77. The number of benzene rings is 1. The van der Waals surface area contributed by atoms with Crippen molar-refractivity contribution in [1.29, 1.82) is 0 Å². The Morgan fingerprint density at radius 1 is 1.22 bits per heavy atom. The fourth-order valence-electron chi connectivity index (χ4n) is 1.43.